The van der Waals surface area contributed by atoms with E-state index >= 15 is 0 Å². The number of hydrogen-bond acceptors (Lipinski definition) is 3. The molecule has 0 aliphatic carbocycles. The van der Waals surface area contributed by atoms with Crippen LogP contribution in [0, 0.1) is 4.77 Å². The van der Waals surface area contributed by atoms with Crippen LogP contribution < -0.4 is 5.56 Å². The van der Waals surface area contributed by atoms with E-state index in [0.29, 0.717) is 15.8 Å². The largest absolute Gasteiger partial charge is 0.331 e. The first-order valence-electron chi connectivity index (χ1n) is 6.36. The average Bonchev–Trinajstić information content (AvgIpc) is 2.88. The first-order valence-corrected chi connectivity index (χ1v) is 6.77. The average molecular weight is 286 g/mol. The monoisotopic (exact) mass is 286 g/mol. The van der Waals surface area contributed by atoms with Crippen molar-refractivity contribution in [2.45, 2.75) is 19.9 Å². The molecule has 2 heterocycles. The van der Waals surface area contributed by atoms with Crippen molar-refractivity contribution < 1.29 is 0 Å². The maximum Gasteiger partial charge on any atom is 0.266 e. The Bertz CT molecular complexity index is 888. The Kier molecular flexibility index (Phi) is 3.02. The molecule has 1 N–H and O–H groups in total. The number of para-hydroxylation sites is 1. The van der Waals surface area contributed by atoms with E-state index in [0.717, 1.165) is 5.52 Å². The normalized spacial score (nSPS) is 11.3. The third kappa shape index (κ3) is 1.98. The lowest BCUT2D eigenvalue weighted by Gasteiger charge is -2.06. The highest BCUT2D eigenvalue weighted by molar-refractivity contribution is 7.71. The lowest BCUT2D eigenvalue weighted by molar-refractivity contribution is 0.532. The van der Waals surface area contributed by atoms with E-state index < -0.39 is 0 Å². The minimum Gasteiger partial charge on any atom is -0.331 e. The van der Waals surface area contributed by atoms with Crippen LogP contribution in [0.2, 0.25) is 0 Å². The molecule has 0 amide bonds. The third-order valence-corrected chi connectivity index (χ3v) is 3.47. The smallest absolute Gasteiger partial charge is 0.266 e. The van der Waals surface area contributed by atoms with Gasteiger partial charge in [-0.2, -0.15) is 5.10 Å². The maximum absolute atomic E-state index is 12.6. The van der Waals surface area contributed by atoms with Gasteiger partial charge in [0.25, 0.3) is 5.56 Å². The maximum atomic E-state index is 12.6. The molecule has 0 aliphatic heterocycles. The van der Waals surface area contributed by atoms with Gasteiger partial charge < -0.3 is 4.98 Å². The number of aromatic nitrogens is 4. The van der Waals surface area contributed by atoms with E-state index in [9.17, 15) is 4.79 Å². The van der Waals surface area contributed by atoms with Gasteiger partial charge in [0.15, 0.2) is 4.77 Å². The van der Waals surface area contributed by atoms with Crippen molar-refractivity contribution in [3.05, 3.63) is 51.8 Å². The number of nitrogens with zero attached hydrogens (tertiary/aromatic N) is 3. The number of benzene rings is 1. The molecule has 3 rings (SSSR count). The van der Waals surface area contributed by atoms with E-state index in [1.165, 1.54) is 4.57 Å². The summed E-state index contributed by atoms with van der Waals surface area (Å²) in [6.45, 7) is 4.06. The first-order chi connectivity index (χ1) is 9.58. The predicted molar refractivity (Wildman–Crippen MR) is 80.9 cm³/mol. The van der Waals surface area contributed by atoms with Crippen LogP contribution in [0.5, 0.6) is 0 Å². The Labute approximate surface area is 120 Å². The van der Waals surface area contributed by atoms with Gasteiger partial charge in [-0.1, -0.05) is 12.1 Å². The third-order valence-electron chi connectivity index (χ3n) is 3.18. The Morgan fingerprint density at radius 2 is 2.05 bits per heavy atom. The van der Waals surface area contributed by atoms with Crippen LogP contribution in [0.1, 0.15) is 19.9 Å². The second-order valence-electron chi connectivity index (χ2n) is 4.89. The molecular formula is C14H14N4OS. The van der Waals surface area contributed by atoms with E-state index in [-0.39, 0.29) is 11.6 Å². The van der Waals surface area contributed by atoms with Crippen molar-refractivity contribution in [2.75, 3.05) is 0 Å². The summed E-state index contributed by atoms with van der Waals surface area (Å²) in [6, 6.07) is 7.56. The molecule has 0 saturated carbocycles. The molecule has 0 bridgehead atoms. The molecule has 6 heteroatoms. The van der Waals surface area contributed by atoms with Crippen molar-refractivity contribution in [1.82, 2.24) is 19.3 Å². The van der Waals surface area contributed by atoms with Crippen LogP contribution in [-0.2, 0) is 0 Å². The van der Waals surface area contributed by atoms with Crippen molar-refractivity contribution in [3.63, 3.8) is 0 Å². The summed E-state index contributed by atoms with van der Waals surface area (Å²) < 4.78 is 3.65. The lowest BCUT2D eigenvalue weighted by Crippen LogP contribution is -2.20. The highest BCUT2D eigenvalue weighted by Gasteiger charge is 2.09. The number of aromatic amines is 1. The highest BCUT2D eigenvalue weighted by Crippen LogP contribution is 2.12. The summed E-state index contributed by atoms with van der Waals surface area (Å²) in [4.78, 5) is 15.6. The summed E-state index contributed by atoms with van der Waals surface area (Å²) in [5, 5.41) is 4.86. The van der Waals surface area contributed by atoms with Crippen LogP contribution in [0.3, 0.4) is 0 Å². The van der Waals surface area contributed by atoms with Gasteiger partial charge in [0, 0.05) is 12.2 Å². The van der Waals surface area contributed by atoms with Crippen molar-refractivity contribution in [1.29, 1.82) is 0 Å². The lowest BCUT2D eigenvalue weighted by atomic mass is 10.2. The van der Waals surface area contributed by atoms with Gasteiger partial charge in [-0.3, -0.25) is 9.48 Å². The van der Waals surface area contributed by atoms with Crippen LogP contribution in [0.25, 0.3) is 16.6 Å². The molecule has 0 unspecified atom stereocenters. The second kappa shape index (κ2) is 4.72. The zero-order chi connectivity index (χ0) is 14.3. The van der Waals surface area contributed by atoms with Crippen LogP contribution in [0.15, 0.2) is 41.5 Å². The summed E-state index contributed by atoms with van der Waals surface area (Å²) in [5.74, 6) is 0. The first kappa shape index (κ1) is 12.8. The van der Waals surface area contributed by atoms with Crippen molar-refractivity contribution in [2.24, 2.45) is 0 Å². The molecule has 0 atom stereocenters. The summed E-state index contributed by atoms with van der Waals surface area (Å²) in [5.41, 5.74) is 1.29. The topological polar surface area (TPSA) is 55.6 Å². The molecular weight excluding hydrogens is 272 g/mol. The number of fused-ring (bicyclic) bond motifs is 1. The molecule has 0 radical (unpaired) electrons. The number of hydrogen-bond donors (Lipinski definition) is 1. The number of H-pyrrole nitrogens is 1. The van der Waals surface area contributed by atoms with E-state index in [1.54, 1.807) is 16.9 Å². The Morgan fingerprint density at radius 1 is 1.30 bits per heavy atom. The Balaban J connectivity index is 2.30. The Morgan fingerprint density at radius 3 is 2.75 bits per heavy atom. The summed E-state index contributed by atoms with van der Waals surface area (Å²) in [6.07, 6.45) is 3.48. The molecule has 0 spiro atoms. The highest BCUT2D eigenvalue weighted by atomic mass is 32.1. The molecule has 0 aliphatic rings. The zero-order valence-corrected chi connectivity index (χ0v) is 12.0. The van der Waals surface area contributed by atoms with Gasteiger partial charge in [0.05, 0.1) is 22.8 Å². The molecule has 3 aromatic rings. The van der Waals surface area contributed by atoms with Crippen LogP contribution in [0.4, 0.5) is 0 Å². The molecule has 1 aromatic carbocycles. The van der Waals surface area contributed by atoms with Gasteiger partial charge in [-0.25, -0.2) is 4.57 Å². The van der Waals surface area contributed by atoms with E-state index in [2.05, 4.69) is 10.1 Å². The SMILES string of the molecule is CC(C)n1cc(-n2c(=S)[nH]c3ccccc3c2=O)cn1. The number of nitrogens with one attached hydrogen (secondary N) is 1. The quantitative estimate of drug-likeness (QED) is 0.737. The van der Waals surface area contributed by atoms with Crippen LogP contribution >= 0.6 is 12.2 Å². The molecule has 5 nitrogen and oxygen atoms in total. The molecule has 0 saturated heterocycles. The zero-order valence-electron chi connectivity index (χ0n) is 11.2. The standard InChI is InChI=1S/C14H14N4OS/c1-9(2)17-8-10(7-15-17)18-13(19)11-5-3-4-6-12(11)16-14(18)20/h3-9H,1-2H3,(H,16,20). The Hall–Kier alpha value is -2.21. The van der Waals surface area contributed by atoms with Gasteiger partial charge in [0.2, 0.25) is 0 Å². The van der Waals surface area contributed by atoms with Gasteiger partial charge in [0.1, 0.15) is 0 Å². The fourth-order valence-corrected chi connectivity index (χ4v) is 2.42. The second-order valence-corrected chi connectivity index (χ2v) is 5.28. The molecule has 2 aromatic heterocycles. The molecule has 102 valence electrons. The van der Waals surface area contributed by atoms with Gasteiger partial charge in [-0.15, -0.1) is 0 Å². The van der Waals surface area contributed by atoms with E-state index in [4.69, 9.17) is 12.2 Å². The minimum absolute atomic E-state index is 0.132. The fourth-order valence-electron chi connectivity index (χ4n) is 2.12. The summed E-state index contributed by atoms with van der Waals surface area (Å²) in [7, 11) is 0. The minimum atomic E-state index is -0.132. The predicted octanol–water partition coefficient (Wildman–Crippen LogP) is 2.83. The fraction of sp³-hybridized carbons (Fsp3) is 0.214. The van der Waals surface area contributed by atoms with Crippen molar-refractivity contribution in [3.8, 4) is 5.69 Å². The van der Waals surface area contributed by atoms with Gasteiger partial charge in [-0.05, 0) is 38.2 Å². The molecule has 0 fully saturated rings. The van der Waals surface area contributed by atoms with E-state index in [1.807, 2.05) is 38.2 Å². The van der Waals surface area contributed by atoms with Crippen molar-refractivity contribution >= 4 is 23.1 Å². The summed E-state index contributed by atoms with van der Waals surface area (Å²) >= 11 is 5.29. The number of rotatable bonds is 2. The van der Waals surface area contributed by atoms with Gasteiger partial charge >= 0.3 is 0 Å². The van der Waals surface area contributed by atoms with Crippen LogP contribution in [-0.4, -0.2) is 19.3 Å². The molecule has 20 heavy (non-hydrogen) atoms.